The molecule has 0 bridgehead atoms. The van der Waals surface area contributed by atoms with E-state index in [1.165, 1.54) is 24.9 Å². The van der Waals surface area contributed by atoms with Crippen LogP contribution in [-0.4, -0.2) is 37.0 Å². The van der Waals surface area contributed by atoms with Crippen LogP contribution in [-0.2, 0) is 13.5 Å². The molecule has 1 fully saturated rings. The highest BCUT2D eigenvalue weighted by Crippen LogP contribution is 2.28. The average Bonchev–Trinajstić information content (AvgIpc) is 2.66. The fourth-order valence-corrected chi connectivity index (χ4v) is 3.22. The number of nitrogens with zero attached hydrogens (tertiary/aromatic N) is 3. The van der Waals surface area contributed by atoms with Crippen LogP contribution in [0.15, 0.2) is 6.33 Å². The standard InChI is InChI=1S/C10H17N3OS/c1-13-10(11-7-12-13)6-8(14)9-4-2-3-5-15-9/h7-9,14H,2-6H2,1H3. The number of aromatic nitrogens is 3. The van der Waals surface area contributed by atoms with E-state index in [4.69, 9.17) is 0 Å². The fraction of sp³-hybridized carbons (Fsp3) is 0.800. The van der Waals surface area contributed by atoms with E-state index in [1.807, 2.05) is 18.8 Å². The molecule has 1 aliphatic rings. The summed E-state index contributed by atoms with van der Waals surface area (Å²) in [7, 11) is 1.86. The van der Waals surface area contributed by atoms with Gasteiger partial charge in [-0.05, 0) is 18.6 Å². The normalized spacial score (nSPS) is 24.0. The summed E-state index contributed by atoms with van der Waals surface area (Å²) in [5, 5.41) is 14.5. The molecule has 1 aromatic heterocycles. The van der Waals surface area contributed by atoms with E-state index in [9.17, 15) is 5.11 Å². The molecule has 4 nitrogen and oxygen atoms in total. The van der Waals surface area contributed by atoms with Gasteiger partial charge in [0, 0.05) is 18.7 Å². The topological polar surface area (TPSA) is 50.9 Å². The Kier molecular flexibility index (Phi) is 3.64. The zero-order chi connectivity index (χ0) is 10.7. The molecule has 0 saturated carbocycles. The Bertz CT molecular complexity index is 309. The molecular weight excluding hydrogens is 210 g/mol. The van der Waals surface area contributed by atoms with E-state index >= 15 is 0 Å². The lowest BCUT2D eigenvalue weighted by Crippen LogP contribution is -2.28. The van der Waals surface area contributed by atoms with E-state index < -0.39 is 0 Å². The Morgan fingerprint density at radius 1 is 1.67 bits per heavy atom. The van der Waals surface area contributed by atoms with Gasteiger partial charge in [0.15, 0.2) is 0 Å². The van der Waals surface area contributed by atoms with Gasteiger partial charge >= 0.3 is 0 Å². The van der Waals surface area contributed by atoms with Crippen molar-refractivity contribution in [3.63, 3.8) is 0 Å². The van der Waals surface area contributed by atoms with Crippen molar-refractivity contribution in [2.75, 3.05) is 5.75 Å². The first-order valence-electron chi connectivity index (χ1n) is 5.40. The fourth-order valence-electron chi connectivity index (χ4n) is 1.89. The van der Waals surface area contributed by atoms with Crippen LogP contribution in [0, 0.1) is 0 Å². The van der Waals surface area contributed by atoms with Gasteiger partial charge in [-0.15, -0.1) is 0 Å². The van der Waals surface area contributed by atoms with Crippen LogP contribution in [0.2, 0.25) is 0 Å². The molecule has 5 heteroatoms. The molecule has 0 amide bonds. The molecule has 1 N–H and O–H groups in total. The minimum Gasteiger partial charge on any atom is -0.392 e. The lowest BCUT2D eigenvalue weighted by Gasteiger charge is -2.25. The van der Waals surface area contributed by atoms with Crippen molar-refractivity contribution in [1.82, 2.24) is 14.8 Å². The minimum atomic E-state index is -0.279. The van der Waals surface area contributed by atoms with Crippen molar-refractivity contribution in [2.45, 2.75) is 37.0 Å². The number of aryl methyl sites for hydroxylation is 1. The molecule has 2 atom stereocenters. The molecule has 1 saturated heterocycles. The summed E-state index contributed by atoms with van der Waals surface area (Å²) in [6.45, 7) is 0. The molecule has 2 heterocycles. The van der Waals surface area contributed by atoms with Crippen molar-refractivity contribution in [3.05, 3.63) is 12.2 Å². The lowest BCUT2D eigenvalue weighted by atomic mass is 10.1. The van der Waals surface area contributed by atoms with Crippen molar-refractivity contribution < 1.29 is 5.11 Å². The summed E-state index contributed by atoms with van der Waals surface area (Å²) in [4.78, 5) is 4.13. The van der Waals surface area contributed by atoms with Crippen molar-refractivity contribution in [2.24, 2.45) is 7.05 Å². The first kappa shape index (κ1) is 11.0. The number of hydrogen-bond acceptors (Lipinski definition) is 4. The summed E-state index contributed by atoms with van der Waals surface area (Å²) in [5.41, 5.74) is 0. The molecule has 0 aliphatic carbocycles. The van der Waals surface area contributed by atoms with E-state index in [0.29, 0.717) is 11.7 Å². The van der Waals surface area contributed by atoms with E-state index in [0.717, 1.165) is 12.2 Å². The number of rotatable bonds is 3. The third-order valence-corrected chi connectivity index (χ3v) is 4.34. The Morgan fingerprint density at radius 2 is 2.53 bits per heavy atom. The number of hydrogen-bond donors (Lipinski definition) is 1. The quantitative estimate of drug-likeness (QED) is 0.837. The van der Waals surface area contributed by atoms with Gasteiger partial charge in [-0.2, -0.15) is 16.9 Å². The second-order valence-electron chi connectivity index (χ2n) is 3.98. The van der Waals surface area contributed by atoms with Crippen molar-refractivity contribution >= 4 is 11.8 Å². The molecule has 1 aromatic rings. The van der Waals surface area contributed by atoms with Gasteiger partial charge < -0.3 is 5.11 Å². The molecule has 1 aliphatic heterocycles. The van der Waals surface area contributed by atoms with Gasteiger partial charge in [-0.25, -0.2) is 4.98 Å². The smallest absolute Gasteiger partial charge is 0.138 e. The van der Waals surface area contributed by atoms with Gasteiger partial charge in [0.25, 0.3) is 0 Å². The lowest BCUT2D eigenvalue weighted by molar-refractivity contribution is 0.162. The Hall–Kier alpha value is -0.550. The molecule has 0 aromatic carbocycles. The number of aliphatic hydroxyl groups excluding tert-OH is 1. The molecule has 15 heavy (non-hydrogen) atoms. The van der Waals surface area contributed by atoms with Gasteiger partial charge in [-0.3, -0.25) is 4.68 Å². The first-order valence-corrected chi connectivity index (χ1v) is 6.45. The van der Waals surface area contributed by atoms with Crippen molar-refractivity contribution in [3.8, 4) is 0 Å². The highest BCUT2D eigenvalue weighted by Gasteiger charge is 2.23. The SMILES string of the molecule is Cn1ncnc1CC(O)C1CCCCS1. The van der Waals surface area contributed by atoms with E-state index in [-0.39, 0.29) is 6.10 Å². The van der Waals surface area contributed by atoms with Crippen LogP contribution in [0.5, 0.6) is 0 Å². The van der Waals surface area contributed by atoms with Crippen LogP contribution < -0.4 is 0 Å². The predicted octanol–water partition coefficient (Wildman–Crippen LogP) is 1.00. The van der Waals surface area contributed by atoms with Crippen LogP contribution >= 0.6 is 11.8 Å². The zero-order valence-electron chi connectivity index (χ0n) is 8.96. The monoisotopic (exact) mass is 227 g/mol. The molecular formula is C10H17N3OS. The maximum atomic E-state index is 10.1. The molecule has 0 radical (unpaired) electrons. The van der Waals surface area contributed by atoms with Crippen LogP contribution in [0.25, 0.3) is 0 Å². The minimum absolute atomic E-state index is 0.279. The summed E-state index contributed by atoms with van der Waals surface area (Å²) >= 11 is 1.89. The maximum absolute atomic E-state index is 10.1. The van der Waals surface area contributed by atoms with Crippen molar-refractivity contribution in [1.29, 1.82) is 0 Å². The van der Waals surface area contributed by atoms with Crippen LogP contribution in [0.3, 0.4) is 0 Å². The molecule has 84 valence electrons. The molecule has 0 spiro atoms. The first-order chi connectivity index (χ1) is 7.27. The van der Waals surface area contributed by atoms with Gasteiger partial charge in [0.2, 0.25) is 0 Å². The predicted molar refractivity (Wildman–Crippen MR) is 60.8 cm³/mol. The second-order valence-corrected chi connectivity index (χ2v) is 5.32. The Balaban J connectivity index is 1.91. The van der Waals surface area contributed by atoms with E-state index in [1.54, 1.807) is 4.68 Å². The second kappa shape index (κ2) is 4.99. The van der Waals surface area contributed by atoms with Gasteiger partial charge in [-0.1, -0.05) is 6.42 Å². The largest absolute Gasteiger partial charge is 0.392 e. The van der Waals surface area contributed by atoms with Crippen LogP contribution in [0.1, 0.15) is 25.1 Å². The molecule has 2 unspecified atom stereocenters. The summed E-state index contributed by atoms with van der Waals surface area (Å²) in [6.07, 6.45) is 5.54. The van der Waals surface area contributed by atoms with Gasteiger partial charge in [0.05, 0.1) is 6.10 Å². The highest BCUT2D eigenvalue weighted by atomic mass is 32.2. The third-order valence-electron chi connectivity index (χ3n) is 2.84. The molecule has 2 rings (SSSR count). The highest BCUT2D eigenvalue weighted by molar-refractivity contribution is 8.00. The van der Waals surface area contributed by atoms with E-state index in [2.05, 4.69) is 10.1 Å². The average molecular weight is 227 g/mol. The summed E-state index contributed by atoms with van der Waals surface area (Å²) in [6, 6.07) is 0. The summed E-state index contributed by atoms with van der Waals surface area (Å²) in [5.74, 6) is 2.05. The third kappa shape index (κ3) is 2.72. The Morgan fingerprint density at radius 3 is 3.13 bits per heavy atom. The summed E-state index contributed by atoms with van der Waals surface area (Å²) < 4.78 is 1.73. The number of aliphatic hydroxyl groups is 1. The van der Waals surface area contributed by atoms with Gasteiger partial charge in [0.1, 0.15) is 12.2 Å². The number of thioether (sulfide) groups is 1. The Labute approximate surface area is 94.1 Å². The maximum Gasteiger partial charge on any atom is 0.138 e. The van der Waals surface area contributed by atoms with Crippen LogP contribution in [0.4, 0.5) is 0 Å². The zero-order valence-corrected chi connectivity index (χ0v) is 9.78.